The zero-order valence-electron chi connectivity index (χ0n) is 19.6. The molecule has 3 heterocycles. The van der Waals surface area contributed by atoms with E-state index in [4.69, 9.17) is 13.9 Å². The molecule has 0 spiro atoms. The summed E-state index contributed by atoms with van der Waals surface area (Å²) in [6, 6.07) is 4.79. The minimum Gasteiger partial charge on any atom is -0.484 e. The van der Waals surface area contributed by atoms with Crippen LogP contribution in [0.4, 0.5) is 19.2 Å². The maximum atomic E-state index is 12.7. The third kappa shape index (κ3) is 5.67. The summed E-state index contributed by atoms with van der Waals surface area (Å²) in [4.78, 5) is 4.67. The van der Waals surface area contributed by atoms with Crippen LogP contribution >= 0.6 is 0 Å². The highest BCUT2D eigenvalue weighted by Crippen LogP contribution is 2.36. The van der Waals surface area contributed by atoms with E-state index in [1.807, 2.05) is 20.8 Å². The van der Waals surface area contributed by atoms with Gasteiger partial charge in [0.1, 0.15) is 11.4 Å². The molecule has 0 saturated carbocycles. The first-order valence-electron chi connectivity index (χ1n) is 10.8. The molecule has 3 aromatic rings. The van der Waals surface area contributed by atoms with Crippen molar-refractivity contribution in [3.63, 3.8) is 0 Å². The first-order chi connectivity index (χ1) is 16.2. The fraction of sp³-hybridized carbons (Fsp3) is 0.500. The summed E-state index contributed by atoms with van der Waals surface area (Å²) in [5.74, 6) is 0.170. The molecular formula is C22H25F3N4O5S. The molecule has 0 amide bonds. The fourth-order valence-electron chi connectivity index (χ4n) is 3.68. The average molecular weight is 515 g/mol. The van der Waals surface area contributed by atoms with Gasteiger partial charge in [0.15, 0.2) is 21.9 Å². The first-order valence-corrected chi connectivity index (χ1v) is 12.5. The maximum absolute atomic E-state index is 12.7. The molecule has 1 saturated heterocycles. The predicted molar refractivity (Wildman–Crippen MR) is 122 cm³/mol. The van der Waals surface area contributed by atoms with Gasteiger partial charge in [0, 0.05) is 5.39 Å². The summed E-state index contributed by atoms with van der Waals surface area (Å²) in [6.07, 6.45) is -4.45. The van der Waals surface area contributed by atoms with E-state index in [1.54, 1.807) is 19.1 Å². The number of ether oxygens (including phenoxy) is 2. The highest BCUT2D eigenvalue weighted by Gasteiger charge is 2.32. The highest BCUT2D eigenvalue weighted by atomic mass is 32.2. The van der Waals surface area contributed by atoms with Crippen molar-refractivity contribution in [2.45, 2.75) is 44.7 Å². The molecule has 2 aromatic heterocycles. The molecule has 1 aromatic carbocycles. The fourth-order valence-corrected chi connectivity index (χ4v) is 4.91. The van der Waals surface area contributed by atoms with Gasteiger partial charge in [-0.25, -0.2) is 13.4 Å². The predicted octanol–water partition coefficient (Wildman–Crippen LogP) is 4.01. The summed E-state index contributed by atoms with van der Waals surface area (Å²) in [5, 5.41) is 11.3. The molecule has 1 N–H and O–H groups in total. The first kappa shape index (κ1) is 25.2. The number of halogens is 3. The van der Waals surface area contributed by atoms with Crippen molar-refractivity contribution in [2.24, 2.45) is 0 Å². The van der Waals surface area contributed by atoms with E-state index in [2.05, 4.69) is 20.5 Å². The van der Waals surface area contributed by atoms with Gasteiger partial charge in [-0.3, -0.25) is 0 Å². The lowest BCUT2D eigenvalue weighted by molar-refractivity contribution is -0.153. The molecule has 0 bridgehead atoms. The number of anilines is 1. The third-order valence-electron chi connectivity index (χ3n) is 5.44. The van der Waals surface area contributed by atoms with Crippen LogP contribution in [-0.2, 0) is 20.0 Å². The van der Waals surface area contributed by atoms with E-state index in [9.17, 15) is 21.6 Å². The Labute approximate surface area is 199 Å². The molecule has 0 aliphatic carbocycles. The van der Waals surface area contributed by atoms with Crippen molar-refractivity contribution in [3.8, 4) is 17.3 Å². The normalized spacial score (nSPS) is 18.2. The number of nitrogens with one attached hydrogen (secondary N) is 1. The van der Waals surface area contributed by atoms with Crippen molar-refractivity contribution >= 4 is 26.8 Å². The number of fused-ring (bicyclic) bond motifs is 1. The van der Waals surface area contributed by atoms with Gasteiger partial charge in [0.2, 0.25) is 0 Å². The Morgan fingerprint density at radius 2 is 1.91 bits per heavy atom. The lowest BCUT2D eigenvalue weighted by Crippen LogP contribution is -2.26. The topological polar surface area (TPSA) is 116 Å². The minimum atomic E-state index is -4.45. The number of rotatable bonds is 6. The van der Waals surface area contributed by atoms with Crippen LogP contribution in [0, 0.1) is 6.92 Å². The highest BCUT2D eigenvalue weighted by molar-refractivity contribution is 7.92. The Kier molecular flexibility index (Phi) is 6.43. The summed E-state index contributed by atoms with van der Waals surface area (Å²) in [7, 11) is -3.33. The van der Waals surface area contributed by atoms with Crippen LogP contribution in [0.25, 0.3) is 22.5 Å². The smallest absolute Gasteiger partial charge is 0.422 e. The summed E-state index contributed by atoms with van der Waals surface area (Å²) >= 11 is 0. The zero-order chi connectivity index (χ0) is 25.6. The number of hydrogen-bond acceptors (Lipinski definition) is 9. The number of hydrogen-bond donors (Lipinski definition) is 1. The van der Waals surface area contributed by atoms with Crippen molar-refractivity contribution in [1.29, 1.82) is 0 Å². The average Bonchev–Trinajstić information content (AvgIpc) is 3.35. The van der Waals surface area contributed by atoms with E-state index in [0.29, 0.717) is 22.2 Å². The van der Waals surface area contributed by atoms with E-state index < -0.39 is 33.5 Å². The number of nitrogens with zero attached hydrogens (tertiary/aromatic N) is 3. The standard InChI is InChI=1S/C22H25F3N4O5S/c1-12-7-16(19-28-29-20(34-19)26-10-17-32-5-6-35(17,30)31)27-18-14(12)8-13(33-11-22(23,24)25)9-15(18)21(2,3)4/h7-9,17H,5-6,10-11H2,1-4H3,(H,26,29). The maximum Gasteiger partial charge on any atom is 0.422 e. The summed E-state index contributed by atoms with van der Waals surface area (Å²) < 4.78 is 77.7. The molecule has 1 unspecified atom stereocenters. The Balaban J connectivity index is 1.66. The minimum absolute atomic E-state index is 0.0113. The number of alkyl halides is 3. The van der Waals surface area contributed by atoms with Crippen molar-refractivity contribution in [2.75, 3.05) is 30.8 Å². The van der Waals surface area contributed by atoms with Gasteiger partial charge in [0.05, 0.1) is 24.4 Å². The molecule has 0 radical (unpaired) electrons. The van der Waals surface area contributed by atoms with Gasteiger partial charge in [-0.2, -0.15) is 13.2 Å². The molecule has 1 atom stereocenters. The second kappa shape index (κ2) is 8.94. The Morgan fingerprint density at radius 1 is 1.17 bits per heavy atom. The molecule has 1 aliphatic rings. The van der Waals surface area contributed by atoms with Crippen LogP contribution in [0.5, 0.6) is 5.75 Å². The Morgan fingerprint density at radius 3 is 2.54 bits per heavy atom. The lowest BCUT2D eigenvalue weighted by atomic mass is 9.84. The van der Waals surface area contributed by atoms with Gasteiger partial charge < -0.3 is 19.2 Å². The van der Waals surface area contributed by atoms with Crippen LogP contribution in [0.1, 0.15) is 31.9 Å². The SMILES string of the molecule is Cc1cc(-c2nnc(NCC3OCCS3(=O)=O)o2)nc2c(C(C)(C)C)cc(OCC(F)(F)F)cc12. The molecule has 4 rings (SSSR count). The monoisotopic (exact) mass is 514 g/mol. The molecule has 190 valence electrons. The number of benzene rings is 1. The lowest BCUT2D eigenvalue weighted by Gasteiger charge is -2.23. The van der Waals surface area contributed by atoms with Gasteiger partial charge >= 0.3 is 12.2 Å². The van der Waals surface area contributed by atoms with Gasteiger partial charge in [-0.15, -0.1) is 5.10 Å². The van der Waals surface area contributed by atoms with E-state index >= 15 is 0 Å². The van der Waals surface area contributed by atoms with Crippen molar-refractivity contribution in [3.05, 3.63) is 29.3 Å². The van der Waals surface area contributed by atoms with Crippen LogP contribution in [0.3, 0.4) is 0 Å². The van der Waals surface area contributed by atoms with E-state index in [1.165, 1.54) is 6.07 Å². The third-order valence-corrected chi connectivity index (χ3v) is 7.28. The molecule has 1 aliphatic heterocycles. The van der Waals surface area contributed by atoms with Crippen LogP contribution < -0.4 is 10.1 Å². The van der Waals surface area contributed by atoms with E-state index in [0.717, 1.165) is 5.56 Å². The number of pyridine rings is 1. The second-order valence-corrected chi connectivity index (χ2v) is 11.6. The Hall–Kier alpha value is -2.93. The summed E-state index contributed by atoms with van der Waals surface area (Å²) in [6.45, 7) is 6.28. The Bertz CT molecular complexity index is 1350. The quantitative estimate of drug-likeness (QED) is 0.521. The molecule has 9 nitrogen and oxygen atoms in total. The van der Waals surface area contributed by atoms with E-state index in [-0.39, 0.29) is 36.6 Å². The number of aromatic nitrogens is 3. The summed E-state index contributed by atoms with van der Waals surface area (Å²) in [5.41, 5.74) is 0.925. The van der Waals surface area contributed by atoms with Crippen molar-refractivity contribution < 1.29 is 35.5 Å². The zero-order valence-corrected chi connectivity index (χ0v) is 20.4. The largest absolute Gasteiger partial charge is 0.484 e. The van der Waals surface area contributed by atoms with Crippen LogP contribution in [-0.4, -0.2) is 60.7 Å². The number of sulfone groups is 1. The van der Waals surface area contributed by atoms with Crippen molar-refractivity contribution in [1.82, 2.24) is 15.2 Å². The molecular weight excluding hydrogens is 489 g/mol. The number of aryl methyl sites for hydroxylation is 1. The van der Waals surface area contributed by atoms with Crippen LogP contribution in [0.2, 0.25) is 0 Å². The van der Waals surface area contributed by atoms with Crippen LogP contribution in [0.15, 0.2) is 22.6 Å². The second-order valence-electron chi connectivity index (χ2n) is 9.31. The molecule has 13 heteroatoms. The van der Waals surface area contributed by atoms with Gasteiger partial charge in [-0.05, 0) is 41.7 Å². The van der Waals surface area contributed by atoms with Gasteiger partial charge in [0.25, 0.3) is 5.89 Å². The molecule has 35 heavy (non-hydrogen) atoms. The van der Waals surface area contributed by atoms with Gasteiger partial charge in [-0.1, -0.05) is 25.9 Å². The molecule has 1 fully saturated rings.